The summed E-state index contributed by atoms with van der Waals surface area (Å²) in [6.45, 7) is 30.5. The van der Waals surface area contributed by atoms with E-state index in [0.29, 0.717) is 48.7 Å². The molecule has 8 rings (SSSR count). The van der Waals surface area contributed by atoms with Crippen molar-refractivity contribution in [3.8, 4) is 46.0 Å². The third-order valence-corrected chi connectivity index (χ3v) is 20.1. The second-order valence-corrected chi connectivity index (χ2v) is 31.1. The zero-order chi connectivity index (χ0) is 88.6. The van der Waals surface area contributed by atoms with E-state index in [4.69, 9.17) is 56.8 Å². The fraction of sp³-hybridized carbons (Fsp3) is 0.458. The van der Waals surface area contributed by atoms with Crippen LogP contribution in [0.3, 0.4) is 0 Å². The van der Waals surface area contributed by atoms with Crippen molar-refractivity contribution in [1.29, 1.82) is 0 Å². The smallest absolute Gasteiger partial charge is 0.303 e. The largest absolute Gasteiger partial charge is 0.491 e. The number of esters is 4. The molecule has 8 atom stereocenters. The molecule has 0 saturated heterocycles. The molecule has 0 heterocycles. The molecule has 0 saturated carbocycles. The molecule has 0 aliphatic rings. The van der Waals surface area contributed by atoms with Gasteiger partial charge in [0.25, 0.3) is 0 Å². The average Bonchev–Trinajstić information content (AvgIpc) is 0.819. The van der Waals surface area contributed by atoms with Crippen LogP contribution < -0.4 is 37.9 Å². The van der Waals surface area contributed by atoms with Gasteiger partial charge in [-0.05, 0) is 167 Å². The molecule has 120 heavy (non-hydrogen) atoms. The summed E-state index contributed by atoms with van der Waals surface area (Å²) >= 11 is 0. The maximum Gasteiger partial charge on any atom is 0.303 e. The van der Waals surface area contributed by atoms with Crippen molar-refractivity contribution in [1.82, 2.24) is 0 Å². The molecular weight excluding hydrogens is 1540 g/mol. The fourth-order valence-electron chi connectivity index (χ4n) is 11.7. The number of aliphatic hydroxyl groups excluding tert-OH is 8. The first-order chi connectivity index (χ1) is 57.0. The van der Waals surface area contributed by atoms with Gasteiger partial charge < -0.3 is 97.7 Å². The van der Waals surface area contributed by atoms with Gasteiger partial charge in [-0.15, -0.1) is 0 Å². The Morgan fingerprint density at radius 3 is 0.525 bits per heavy atom. The van der Waals surface area contributed by atoms with E-state index in [1.807, 2.05) is 222 Å². The normalized spacial score (nSPS) is 13.4. The minimum atomic E-state index is -0.871. The predicted molar refractivity (Wildman–Crippen MR) is 460 cm³/mol. The molecule has 8 N–H and O–H groups in total. The van der Waals surface area contributed by atoms with Crippen LogP contribution in [-0.2, 0) is 59.8 Å². The third-order valence-electron chi connectivity index (χ3n) is 20.1. The number of rotatable bonds is 44. The summed E-state index contributed by atoms with van der Waals surface area (Å²) in [7, 11) is 0. The quantitative estimate of drug-likeness (QED) is 0.0130. The number of hydrogen-bond donors (Lipinski definition) is 8. The lowest BCUT2D eigenvalue weighted by atomic mass is 9.78. The van der Waals surface area contributed by atoms with Gasteiger partial charge in [0.15, 0.2) is 18.3 Å². The van der Waals surface area contributed by atoms with Crippen molar-refractivity contribution >= 4 is 23.9 Å². The van der Waals surface area contributed by atoms with E-state index >= 15 is 0 Å². The summed E-state index contributed by atoms with van der Waals surface area (Å²) < 4.78 is 64.6. The minimum absolute atomic E-state index is 0.0458. The Balaban J connectivity index is 0.000000285. The lowest BCUT2D eigenvalue weighted by Gasteiger charge is -2.26. The highest BCUT2D eigenvalue weighted by atomic mass is 16.6. The van der Waals surface area contributed by atoms with Crippen LogP contribution in [-0.4, -0.2) is 193 Å². The van der Waals surface area contributed by atoms with E-state index in [9.17, 15) is 60.0 Å². The maximum atomic E-state index is 11.0. The first-order valence-corrected chi connectivity index (χ1v) is 40.7. The van der Waals surface area contributed by atoms with E-state index in [2.05, 4.69) is 55.4 Å². The molecule has 24 heteroatoms. The highest BCUT2D eigenvalue weighted by molar-refractivity contribution is 5.67. The van der Waals surface area contributed by atoms with Crippen molar-refractivity contribution in [2.24, 2.45) is 0 Å². The van der Waals surface area contributed by atoms with E-state index in [1.165, 1.54) is 27.7 Å². The zero-order valence-corrected chi connectivity index (χ0v) is 72.5. The van der Waals surface area contributed by atoms with Crippen molar-refractivity contribution in [3.63, 3.8) is 0 Å². The number of hydrogen-bond acceptors (Lipinski definition) is 24. The monoisotopic (exact) mass is 1660 g/mol. The number of aliphatic hydroxyl groups is 8. The summed E-state index contributed by atoms with van der Waals surface area (Å²) in [5, 5.41) is 76.0. The molecule has 0 amide bonds. The Morgan fingerprint density at radius 1 is 0.242 bits per heavy atom. The van der Waals surface area contributed by atoms with Gasteiger partial charge in [0, 0.05) is 49.4 Å². The summed E-state index contributed by atoms with van der Waals surface area (Å²) in [6.07, 6.45) is -2.09. The van der Waals surface area contributed by atoms with Gasteiger partial charge in [0.05, 0.1) is 44.2 Å². The summed E-state index contributed by atoms with van der Waals surface area (Å²) in [5.74, 6) is 3.70. The summed E-state index contributed by atoms with van der Waals surface area (Å²) in [6, 6.07) is 62.5. The fourth-order valence-corrected chi connectivity index (χ4v) is 11.7. The Morgan fingerprint density at radius 2 is 0.392 bits per heavy atom. The topological polar surface area (TPSA) is 341 Å². The molecule has 0 radical (unpaired) electrons. The molecule has 0 fully saturated rings. The Kier molecular flexibility index (Phi) is 42.4. The van der Waals surface area contributed by atoms with Crippen LogP contribution in [0.15, 0.2) is 194 Å². The molecular formula is C96H128O24. The molecule has 656 valence electrons. The van der Waals surface area contributed by atoms with E-state index in [1.54, 1.807) is 0 Å². The van der Waals surface area contributed by atoms with Gasteiger partial charge in [0.1, 0.15) is 112 Å². The third kappa shape index (κ3) is 34.4. The second-order valence-electron chi connectivity index (χ2n) is 31.1. The average molecular weight is 1670 g/mol. The molecule has 0 aromatic heterocycles. The second kappa shape index (κ2) is 50.7. The zero-order valence-electron chi connectivity index (χ0n) is 72.5. The van der Waals surface area contributed by atoms with Crippen LogP contribution in [0, 0.1) is 0 Å². The van der Waals surface area contributed by atoms with Gasteiger partial charge in [-0.2, -0.15) is 0 Å². The molecule has 24 nitrogen and oxygen atoms in total. The van der Waals surface area contributed by atoms with Crippen molar-refractivity contribution < 1.29 is 117 Å². The van der Waals surface area contributed by atoms with Gasteiger partial charge in [-0.3, -0.25) is 19.2 Å². The Bertz CT molecular complexity index is 3900. The van der Waals surface area contributed by atoms with Crippen LogP contribution in [0.2, 0.25) is 0 Å². The molecule has 8 aromatic rings. The van der Waals surface area contributed by atoms with Gasteiger partial charge in [-0.25, -0.2) is 0 Å². The van der Waals surface area contributed by atoms with E-state index in [-0.39, 0.29) is 101 Å². The highest BCUT2D eigenvalue weighted by Crippen LogP contribution is 2.38. The molecule has 8 aromatic carbocycles. The molecule has 0 aliphatic carbocycles. The van der Waals surface area contributed by atoms with Crippen molar-refractivity contribution in [2.75, 3.05) is 79.3 Å². The van der Waals surface area contributed by atoms with Crippen LogP contribution in [0.5, 0.6) is 46.0 Å². The van der Waals surface area contributed by atoms with Crippen molar-refractivity contribution in [3.05, 3.63) is 239 Å². The molecule has 0 spiro atoms. The van der Waals surface area contributed by atoms with Gasteiger partial charge in [-0.1, -0.05) is 180 Å². The van der Waals surface area contributed by atoms with Gasteiger partial charge >= 0.3 is 23.9 Å². The van der Waals surface area contributed by atoms with Crippen LogP contribution in [0.4, 0.5) is 0 Å². The number of carbonyl (C=O) groups excluding carboxylic acids is 4. The van der Waals surface area contributed by atoms with Crippen molar-refractivity contribution in [2.45, 2.75) is 207 Å². The summed E-state index contributed by atoms with van der Waals surface area (Å²) in [4.78, 5) is 43.8. The number of carbonyl (C=O) groups is 4. The number of ether oxygens (including phenoxy) is 12. The molecule has 0 aliphatic heterocycles. The number of benzene rings is 8. The van der Waals surface area contributed by atoms with E-state index in [0.717, 1.165) is 67.5 Å². The van der Waals surface area contributed by atoms with E-state index < -0.39 is 72.7 Å². The van der Waals surface area contributed by atoms with Gasteiger partial charge in [0.2, 0.25) is 0 Å². The standard InChI is InChI=1S/4C24H32O6/c3*1-5-20(27)15-28-21-10-6-18(7-11-21)24(3,4)19-8-12-22(13-9-19)29-16-23(14-25)30-17(2)26;1-5-20(26)14-29-22-10-6-18(7-11-22)24(3,4)19-8-12-23(13-9-19)30-16-21(27)15-28-17(2)25/h3*6-13,20,23,25,27H,5,14-16H2,1-4H3;6-13,20-21,26-27H,5,14-16H2,1-4H3/t2*20-,23+;;20-,21-/m10.0/s1. The molecule has 0 bridgehead atoms. The SMILES string of the molecule is CCC(O)COc1ccc(C(C)(C)c2ccc(OCC(CO)OC(C)=O)cc2)cc1.CC[C@@H](O)COc1ccc(C(C)(C)c2ccc(OC[C@H](CO)OC(C)=O)cc2)cc1.CC[C@H](O)COc1ccc(C(C)(C)c2ccc(OC[C@@H](CO)OC(C)=O)cc2)cc1.CC[C@H](O)COc1ccc(C(C)(C)c2ccc(OC[C@@H](O)COC(C)=O)cc2)cc1. The maximum absolute atomic E-state index is 11.0. The Hall–Kier alpha value is -10.3. The molecule has 2 unspecified atom stereocenters. The lowest BCUT2D eigenvalue weighted by Crippen LogP contribution is -2.27. The minimum Gasteiger partial charge on any atom is -0.491 e. The first-order valence-electron chi connectivity index (χ1n) is 40.7. The van der Waals surface area contributed by atoms with Crippen LogP contribution in [0.1, 0.15) is 181 Å². The first kappa shape index (κ1) is 100. The lowest BCUT2D eigenvalue weighted by molar-refractivity contribution is -0.150. The van der Waals surface area contributed by atoms with Crippen LogP contribution in [0.25, 0.3) is 0 Å². The predicted octanol–water partition coefficient (Wildman–Crippen LogP) is 13.9. The summed E-state index contributed by atoms with van der Waals surface area (Å²) in [5.41, 5.74) is 8.08. The highest BCUT2D eigenvalue weighted by Gasteiger charge is 2.28. The van der Waals surface area contributed by atoms with Crippen LogP contribution >= 0.6 is 0 Å². The Labute approximate surface area is 708 Å².